The lowest BCUT2D eigenvalue weighted by molar-refractivity contribution is -0.135. The van der Waals surface area contributed by atoms with Gasteiger partial charge in [-0.3, -0.25) is 14.9 Å². The Kier molecular flexibility index (Phi) is 9.00. The number of para-hydroxylation sites is 1. The molecule has 1 aliphatic rings. The molecule has 0 spiro atoms. The van der Waals surface area contributed by atoms with Gasteiger partial charge in [-0.15, -0.1) is 0 Å². The van der Waals surface area contributed by atoms with Gasteiger partial charge in [-0.05, 0) is 37.3 Å². The van der Waals surface area contributed by atoms with Gasteiger partial charge in [-0.25, -0.2) is 36.4 Å². The van der Waals surface area contributed by atoms with E-state index < -0.39 is 38.1 Å². The van der Waals surface area contributed by atoms with Crippen molar-refractivity contribution < 1.29 is 41.5 Å². The van der Waals surface area contributed by atoms with Gasteiger partial charge in [0.1, 0.15) is 18.4 Å². The first kappa shape index (κ1) is 30.4. The molecule has 1 aliphatic heterocycles. The Hall–Kier alpha value is -3.54. The molecule has 4 N–H and O–H groups in total. The number of piperazine rings is 1. The number of hydrogen-bond donors (Lipinski definition) is 4. The zero-order valence-corrected chi connectivity index (χ0v) is 24.0. The number of carbonyl (C=O) groups excluding carboxylic acids is 1. The van der Waals surface area contributed by atoms with Crippen LogP contribution in [0.4, 0.5) is 4.79 Å². The standard InChI is InChI=1S/C25H31N5O9S2/c1-17-21(20-5-3-4-6-22(20)30(17)25(32)33)16-39-18-7-9-19(10-8-18)41(37,38)26-15-23(24(31)27-34)28-11-13-29(14-12-28)40(2,35)36/h3-10,23,26,34H,11-16H2,1-2H3,(H,27,31)(H,32,33). The summed E-state index contributed by atoms with van der Waals surface area (Å²) >= 11 is 0. The van der Waals surface area contributed by atoms with E-state index in [0.717, 1.165) is 11.6 Å². The number of ether oxygens (including phenoxy) is 1. The maximum Gasteiger partial charge on any atom is 0.416 e. The highest BCUT2D eigenvalue weighted by atomic mass is 32.2. The zero-order chi connectivity index (χ0) is 29.9. The van der Waals surface area contributed by atoms with E-state index in [2.05, 4.69) is 4.72 Å². The summed E-state index contributed by atoms with van der Waals surface area (Å²) in [6.45, 7) is 1.97. The summed E-state index contributed by atoms with van der Waals surface area (Å²) in [5.41, 5.74) is 3.28. The van der Waals surface area contributed by atoms with Crippen LogP contribution in [0.25, 0.3) is 10.9 Å². The average Bonchev–Trinajstić information content (AvgIpc) is 3.22. The minimum absolute atomic E-state index is 0.0571. The van der Waals surface area contributed by atoms with Gasteiger partial charge in [0.15, 0.2) is 0 Å². The molecule has 1 fully saturated rings. The van der Waals surface area contributed by atoms with Gasteiger partial charge < -0.3 is 9.84 Å². The lowest BCUT2D eigenvalue weighted by atomic mass is 10.1. The molecule has 1 aromatic heterocycles. The summed E-state index contributed by atoms with van der Waals surface area (Å²) in [6.07, 6.45) is -0.0221. The van der Waals surface area contributed by atoms with Crippen LogP contribution in [0, 0.1) is 6.92 Å². The predicted octanol–water partition coefficient (Wildman–Crippen LogP) is 0.784. The third kappa shape index (κ3) is 6.69. The maximum atomic E-state index is 13.0. The minimum atomic E-state index is -4.06. The molecule has 41 heavy (non-hydrogen) atoms. The van der Waals surface area contributed by atoms with E-state index in [1.807, 2.05) is 0 Å². The van der Waals surface area contributed by atoms with Crippen molar-refractivity contribution >= 4 is 42.9 Å². The van der Waals surface area contributed by atoms with E-state index in [4.69, 9.17) is 4.74 Å². The quantitative estimate of drug-likeness (QED) is 0.189. The largest absolute Gasteiger partial charge is 0.489 e. The Morgan fingerprint density at radius 2 is 1.63 bits per heavy atom. The van der Waals surface area contributed by atoms with Crippen molar-refractivity contribution in [2.45, 2.75) is 24.5 Å². The molecule has 1 amide bonds. The molecule has 0 aliphatic carbocycles. The van der Waals surface area contributed by atoms with E-state index >= 15 is 0 Å². The normalized spacial score (nSPS) is 16.0. The highest BCUT2D eigenvalue weighted by Crippen LogP contribution is 2.27. The first-order chi connectivity index (χ1) is 19.3. The average molecular weight is 610 g/mol. The van der Waals surface area contributed by atoms with Gasteiger partial charge in [0, 0.05) is 49.4 Å². The summed E-state index contributed by atoms with van der Waals surface area (Å²) in [6, 6.07) is 11.6. The second kappa shape index (κ2) is 12.1. The lowest BCUT2D eigenvalue weighted by Crippen LogP contribution is -2.58. The van der Waals surface area contributed by atoms with Gasteiger partial charge in [0.2, 0.25) is 20.0 Å². The Bertz CT molecular complexity index is 1650. The van der Waals surface area contributed by atoms with E-state index in [1.165, 1.54) is 38.6 Å². The summed E-state index contributed by atoms with van der Waals surface area (Å²) < 4.78 is 60.1. The van der Waals surface area contributed by atoms with Crippen molar-refractivity contribution in [2.75, 3.05) is 39.0 Å². The van der Waals surface area contributed by atoms with Crippen LogP contribution in [0.1, 0.15) is 11.3 Å². The van der Waals surface area contributed by atoms with Crippen molar-refractivity contribution in [3.05, 3.63) is 59.8 Å². The fraction of sp³-hybridized carbons (Fsp3) is 0.360. The molecular formula is C25H31N5O9S2. The molecule has 4 rings (SSSR count). The van der Waals surface area contributed by atoms with Gasteiger partial charge in [-0.2, -0.15) is 4.31 Å². The number of aromatic nitrogens is 1. The van der Waals surface area contributed by atoms with Crippen molar-refractivity contribution in [2.24, 2.45) is 0 Å². The molecule has 0 saturated carbocycles. The third-order valence-corrected chi connectivity index (χ3v) is 9.76. The van der Waals surface area contributed by atoms with Crippen molar-refractivity contribution in [1.82, 2.24) is 24.0 Å². The number of nitrogens with one attached hydrogen (secondary N) is 2. The molecule has 1 saturated heterocycles. The second-order valence-electron chi connectivity index (χ2n) is 9.50. The Labute approximate surface area is 237 Å². The summed E-state index contributed by atoms with van der Waals surface area (Å²) in [4.78, 5) is 25.5. The van der Waals surface area contributed by atoms with E-state index in [9.17, 15) is 36.7 Å². The van der Waals surface area contributed by atoms with Crippen LogP contribution in [0.2, 0.25) is 0 Å². The SMILES string of the molecule is Cc1c(COc2ccc(S(=O)(=O)NCC(C(=O)NO)N3CCN(S(C)(=O)=O)CC3)cc2)c2ccccc2n1C(=O)O. The highest BCUT2D eigenvalue weighted by molar-refractivity contribution is 7.89. The van der Waals surface area contributed by atoms with Gasteiger partial charge in [0.05, 0.1) is 16.7 Å². The molecule has 3 aromatic rings. The number of nitrogens with zero attached hydrogens (tertiary/aromatic N) is 3. The number of sulfonamides is 2. The predicted molar refractivity (Wildman–Crippen MR) is 148 cm³/mol. The third-order valence-electron chi connectivity index (χ3n) is 7.01. The number of amides is 1. The molecule has 1 atom stereocenters. The molecule has 2 heterocycles. The van der Waals surface area contributed by atoms with Crippen LogP contribution in [-0.4, -0.2) is 97.9 Å². The van der Waals surface area contributed by atoms with Crippen LogP contribution in [0.3, 0.4) is 0 Å². The number of hydroxylamine groups is 1. The summed E-state index contributed by atoms with van der Waals surface area (Å²) in [7, 11) is -7.46. The number of carbonyl (C=O) groups is 2. The van der Waals surface area contributed by atoms with Crippen molar-refractivity contribution in [1.29, 1.82) is 0 Å². The first-order valence-corrected chi connectivity index (χ1v) is 15.8. The molecule has 16 heteroatoms. The van der Waals surface area contributed by atoms with Crippen molar-refractivity contribution in [3.63, 3.8) is 0 Å². The first-order valence-electron chi connectivity index (χ1n) is 12.5. The lowest BCUT2D eigenvalue weighted by Gasteiger charge is -2.37. The Balaban J connectivity index is 1.42. The second-order valence-corrected chi connectivity index (χ2v) is 13.3. The van der Waals surface area contributed by atoms with Gasteiger partial charge >= 0.3 is 6.09 Å². The monoisotopic (exact) mass is 609 g/mol. The molecule has 0 bridgehead atoms. The maximum absolute atomic E-state index is 13.0. The number of rotatable bonds is 10. The van der Waals surface area contributed by atoms with E-state index in [0.29, 0.717) is 22.5 Å². The fourth-order valence-corrected chi connectivity index (χ4v) is 6.68. The number of fused-ring (bicyclic) bond motifs is 1. The van der Waals surface area contributed by atoms with Gasteiger partial charge in [-0.1, -0.05) is 18.2 Å². The molecule has 222 valence electrons. The van der Waals surface area contributed by atoms with Crippen LogP contribution in [0.15, 0.2) is 53.4 Å². The number of benzene rings is 2. The summed E-state index contributed by atoms with van der Waals surface area (Å²) in [5, 5.41) is 19.5. The molecule has 2 aromatic carbocycles. The Morgan fingerprint density at radius 1 is 1.00 bits per heavy atom. The fourth-order valence-electron chi connectivity index (χ4n) is 4.81. The molecule has 0 radical (unpaired) electrons. The summed E-state index contributed by atoms with van der Waals surface area (Å²) in [5.74, 6) is -0.472. The molecule has 14 nitrogen and oxygen atoms in total. The van der Waals surface area contributed by atoms with Gasteiger partial charge in [0.25, 0.3) is 5.91 Å². The van der Waals surface area contributed by atoms with Crippen LogP contribution in [-0.2, 0) is 31.4 Å². The number of hydrogen-bond acceptors (Lipinski definition) is 9. The van der Waals surface area contributed by atoms with E-state index in [-0.39, 0.29) is 44.2 Å². The topological polar surface area (TPSA) is 188 Å². The van der Waals surface area contributed by atoms with Crippen LogP contribution < -0.4 is 14.9 Å². The molecular weight excluding hydrogens is 578 g/mol. The van der Waals surface area contributed by atoms with Crippen molar-refractivity contribution in [3.8, 4) is 5.75 Å². The van der Waals surface area contributed by atoms with Crippen LogP contribution in [0.5, 0.6) is 5.75 Å². The zero-order valence-electron chi connectivity index (χ0n) is 22.3. The minimum Gasteiger partial charge on any atom is -0.489 e. The number of carboxylic acid groups (broad SMARTS) is 1. The smallest absolute Gasteiger partial charge is 0.416 e. The van der Waals surface area contributed by atoms with E-state index in [1.54, 1.807) is 36.1 Å². The Morgan fingerprint density at radius 3 is 2.22 bits per heavy atom. The molecule has 1 unspecified atom stereocenters. The highest BCUT2D eigenvalue weighted by Gasteiger charge is 2.32. The van der Waals surface area contributed by atoms with Crippen LogP contribution >= 0.6 is 0 Å².